The molecule has 0 aliphatic heterocycles. The van der Waals surface area contributed by atoms with Crippen LogP contribution in [0.3, 0.4) is 0 Å². The van der Waals surface area contributed by atoms with Gasteiger partial charge in [0.05, 0.1) is 23.5 Å². The van der Waals surface area contributed by atoms with Crippen LogP contribution in [0.1, 0.15) is 37.4 Å². The Morgan fingerprint density at radius 2 is 1.83 bits per heavy atom. The van der Waals surface area contributed by atoms with Gasteiger partial charge >= 0.3 is 0 Å². The van der Waals surface area contributed by atoms with Crippen LogP contribution < -0.4 is 5.73 Å². The number of benzene rings is 2. The first-order chi connectivity index (χ1) is 11.0. The monoisotopic (exact) mass is 305 g/mol. The van der Waals surface area contributed by atoms with Crippen LogP contribution in [0, 0.1) is 11.3 Å². The van der Waals surface area contributed by atoms with Crippen LogP contribution in [0.25, 0.3) is 11.1 Å². The minimum Gasteiger partial charge on any atom is -0.388 e. The van der Waals surface area contributed by atoms with Gasteiger partial charge in [0.2, 0.25) is 0 Å². The van der Waals surface area contributed by atoms with E-state index in [9.17, 15) is 4.79 Å². The van der Waals surface area contributed by atoms with Gasteiger partial charge in [-0.25, -0.2) is 0 Å². The summed E-state index contributed by atoms with van der Waals surface area (Å²) in [7, 11) is 0. The molecule has 4 nitrogen and oxygen atoms in total. The molecule has 0 heterocycles. The zero-order chi connectivity index (χ0) is 16.8. The van der Waals surface area contributed by atoms with Crippen molar-refractivity contribution in [3.63, 3.8) is 0 Å². The zero-order valence-electron chi connectivity index (χ0n) is 13.3. The lowest BCUT2D eigenvalue weighted by atomic mass is 9.96. The smallest absolute Gasteiger partial charge is 0.132 e. The molecule has 0 fully saturated rings. The van der Waals surface area contributed by atoms with Crippen molar-refractivity contribution in [3.8, 4) is 17.2 Å². The molecular formula is C19H19N3O. The normalized spacial score (nSPS) is 12.5. The first-order valence-corrected chi connectivity index (χ1v) is 7.39. The molecule has 0 radical (unpaired) electrons. The summed E-state index contributed by atoms with van der Waals surface area (Å²) in [6.45, 7) is 3.27. The second kappa shape index (κ2) is 7.37. The Labute approximate surface area is 136 Å². The summed E-state index contributed by atoms with van der Waals surface area (Å²) in [6, 6.07) is 17.1. The van der Waals surface area contributed by atoms with Gasteiger partial charge in [-0.2, -0.15) is 5.26 Å². The second-order valence-electron chi connectivity index (χ2n) is 5.51. The maximum absolute atomic E-state index is 11.5. The fourth-order valence-corrected chi connectivity index (χ4v) is 2.45. The number of nitrogens with zero attached hydrogens (tertiary/aromatic N) is 2. The first kappa shape index (κ1) is 16.4. The molecule has 1 atom stereocenters. The molecule has 0 saturated heterocycles. The molecule has 2 N–H and O–H groups in total. The van der Waals surface area contributed by atoms with Gasteiger partial charge in [-0.1, -0.05) is 30.3 Å². The molecule has 0 aliphatic carbocycles. The Hall–Kier alpha value is -2.93. The van der Waals surface area contributed by atoms with Crippen molar-refractivity contribution in [2.75, 3.05) is 0 Å². The minimum atomic E-state index is -0.281. The number of hydrogen-bond acceptors (Lipinski definition) is 3. The molecule has 0 bridgehead atoms. The Morgan fingerprint density at radius 3 is 2.43 bits per heavy atom. The number of hydrogen-bond donors (Lipinski definition) is 1. The summed E-state index contributed by atoms with van der Waals surface area (Å²) >= 11 is 0. The predicted octanol–water partition coefficient (Wildman–Crippen LogP) is 3.62. The molecule has 0 aromatic heterocycles. The Kier molecular flexibility index (Phi) is 5.27. The average Bonchev–Trinajstić information content (AvgIpc) is 2.53. The highest BCUT2D eigenvalue weighted by Gasteiger charge is 2.14. The van der Waals surface area contributed by atoms with Gasteiger partial charge in [0.15, 0.2) is 0 Å². The summed E-state index contributed by atoms with van der Waals surface area (Å²) in [5, 5.41) is 9.03. The third-order valence-corrected chi connectivity index (χ3v) is 3.44. The van der Waals surface area contributed by atoms with Crippen molar-refractivity contribution < 1.29 is 4.79 Å². The Bertz CT molecular complexity index is 783. The summed E-state index contributed by atoms with van der Waals surface area (Å²) in [4.78, 5) is 15.9. The van der Waals surface area contributed by atoms with Crippen molar-refractivity contribution in [2.24, 2.45) is 10.7 Å². The van der Waals surface area contributed by atoms with E-state index in [0.717, 1.165) is 16.7 Å². The summed E-state index contributed by atoms with van der Waals surface area (Å²) < 4.78 is 0. The van der Waals surface area contributed by atoms with E-state index in [0.29, 0.717) is 17.8 Å². The van der Waals surface area contributed by atoms with Crippen LogP contribution >= 0.6 is 0 Å². The third-order valence-electron chi connectivity index (χ3n) is 3.44. The number of ketones is 1. The number of aliphatic imine (C=N–C) groups is 1. The molecule has 2 aromatic carbocycles. The number of rotatable bonds is 5. The lowest BCUT2D eigenvalue weighted by molar-refractivity contribution is -0.117. The summed E-state index contributed by atoms with van der Waals surface area (Å²) in [5.74, 6) is 0.519. The molecule has 2 rings (SSSR count). The van der Waals surface area contributed by atoms with Gasteiger partial charge < -0.3 is 5.73 Å². The van der Waals surface area contributed by atoms with Crippen molar-refractivity contribution in [3.05, 3.63) is 59.7 Å². The molecule has 23 heavy (non-hydrogen) atoms. The molecule has 1 unspecified atom stereocenters. The lowest BCUT2D eigenvalue weighted by Gasteiger charge is -2.13. The fraction of sp³-hybridized carbons (Fsp3) is 0.211. The van der Waals surface area contributed by atoms with E-state index < -0.39 is 0 Å². The highest BCUT2D eigenvalue weighted by atomic mass is 16.1. The Morgan fingerprint density at radius 1 is 1.17 bits per heavy atom. The highest BCUT2D eigenvalue weighted by molar-refractivity contribution is 5.80. The number of carbonyl (C=O) groups is 1. The molecule has 0 saturated carbocycles. The maximum Gasteiger partial charge on any atom is 0.132 e. The third kappa shape index (κ3) is 4.52. The summed E-state index contributed by atoms with van der Waals surface area (Å²) in [6.07, 6.45) is 0.316. The molecule has 0 amide bonds. The number of amidine groups is 1. The van der Waals surface area contributed by atoms with E-state index in [1.54, 1.807) is 19.9 Å². The van der Waals surface area contributed by atoms with E-state index in [1.807, 2.05) is 42.5 Å². The van der Waals surface area contributed by atoms with Gasteiger partial charge in [0, 0.05) is 6.42 Å². The van der Waals surface area contributed by atoms with E-state index in [1.165, 1.54) is 0 Å². The molecule has 0 spiro atoms. The maximum atomic E-state index is 11.5. The number of Topliss-reactive ketones (excluding diaryl/α,β-unsaturated/α-hetero) is 1. The minimum absolute atomic E-state index is 0.0666. The number of nitriles is 1. The number of carbonyl (C=O) groups excluding carboxylic acids is 1. The molecule has 2 aromatic rings. The largest absolute Gasteiger partial charge is 0.388 e. The van der Waals surface area contributed by atoms with Crippen LogP contribution in [-0.2, 0) is 4.79 Å². The van der Waals surface area contributed by atoms with Crippen molar-refractivity contribution in [1.29, 1.82) is 5.26 Å². The van der Waals surface area contributed by atoms with Crippen LogP contribution in [0.15, 0.2) is 53.5 Å². The fourth-order valence-electron chi connectivity index (χ4n) is 2.45. The lowest BCUT2D eigenvalue weighted by Crippen LogP contribution is -2.11. The quantitative estimate of drug-likeness (QED) is 0.676. The van der Waals surface area contributed by atoms with Crippen LogP contribution in [0.4, 0.5) is 0 Å². The second-order valence-corrected chi connectivity index (χ2v) is 5.51. The highest BCUT2D eigenvalue weighted by Crippen LogP contribution is 2.27. The standard InChI is InChI=1S/C19H19N3O/c1-13(23)9-19(22-14(2)21)18-8-4-7-17(11-18)16-6-3-5-15(10-16)12-20/h3-8,10-11,19H,9H2,1-2H3,(H2,21,22). The topological polar surface area (TPSA) is 79.2 Å². The molecule has 0 aliphatic rings. The van der Waals surface area contributed by atoms with Gasteiger partial charge in [0.25, 0.3) is 0 Å². The van der Waals surface area contributed by atoms with E-state index >= 15 is 0 Å². The molecular weight excluding hydrogens is 286 g/mol. The SMILES string of the molecule is CC(=O)CC(N=C(C)N)c1cccc(-c2cccc(C#N)c2)c1. The van der Waals surface area contributed by atoms with E-state index in [-0.39, 0.29) is 11.8 Å². The molecule has 116 valence electrons. The van der Waals surface area contributed by atoms with E-state index in [4.69, 9.17) is 11.0 Å². The van der Waals surface area contributed by atoms with Crippen molar-refractivity contribution >= 4 is 11.6 Å². The van der Waals surface area contributed by atoms with Gasteiger partial charge in [0.1, 0.15) is 5.78 Å². The number of nitrogens with two attached hydrogens (primary N) is 1. The first-order valence-electron chi connectivity index (χ1n) is 7.39. The van der Waals surface area contributed by atoms with Gasteiger partial charge in [-0.05, 0) is 48.7 Å². The van der Waals surface area contributed by atoms with Crippen molar-refractivity contribution in [1.82, 2.24) is 0 Å². The van der Waals surface area contributed by atoms with Gasteiger partial charge in [-0.3, -0.25) is 9.79 Å². The van der Waals surface area contributed by atoms with Crippen molar-refractivity contribution in [2.45, 2.75) is 26.3 Å². The van der Waals surface area contributed by atoms with Crippen LogP contribution in [-0.4, -0.2) is 11.6 Å². The zero-order valence-corrected chi connectivity index (χ0v) is 13.3. The average molecular weight is 305 g/mol. The Balaban J connectivity index is 2.43. The molecule has 4 heteroatoms. The van der Waals surface area contributed by atoms with E-state index in [2.05, 4.69) is 11.1 Å². The predicted molar refractivity (Wildman–Crippen MR) is 91.9 cm³/mol. The van der Waals surface area contributed by atoms with Gasteiger partial charge in [-0.15, -0.1) is 0 Å². The van der Waals surface area contributed by atoms with Crippen LogP contribution in [0.2, 0.25) is 0 Å². The van der Waals surface area contributed by atoms with Crippen LogP contribution in [0.5, 0.6) is 0 Å². The summed E-state index contributed by atoms with van der Waals surface area (Å²) in [5.41, 5.74) is 9.19.